The van der Waals surface area contributed by atoms with Crippen LogP contribution in [0.25, 0.3) is 0 Å². The van der Waals surface area contributed by atoms with E-state index in [0.717, 1.165) is 29.7 Å². The summed E-state index contributed by atoms with van der Waals surface area (Å²) in [5, 5.41) is 3.44. The highest BCUT2D eigenvalue weighted by molar-refractivity contribution is 7.17. The van der Waals surface area contributed by atoms with Crippen molar-refractivity contribution in [2.24, 2.45) is 5.92 Å². The lowest BCUT2D eigenvalue weighted by atomic mass is 9.88. The molecular formula is C19H19NO5S. The van der Waals surface area contributed by atoms with Crippen molar-refractivity contribution < 1.29 is 23.8 Å². The largest absolute Gasteiger partial charge is 0.465 e. The number of fused-ring (bicyclic) bond motifs is 2. The third kappa shape index (κ3) is 2.92. The van der Waals surface area contributed by atoms with Crippen LogP contribution in [0.3, 0.4) is 0 Å². The fraction of sp³-hybridized carbons (Fsp3) is 0.368. The van der Waals surface area contributed by atoms with Gasteiger partial charge in [0.15, 0.2) is 11.5 Å². The summed E-state index contributed by atoms with van der Waals surface area (Å²) in [6.07, 6.45) is 2.78. The van der Waals surface area contributed by atoms with Gasteiger partial charge in [-0.3, -0.25) is 4.79 Å². The Kier molecular flexibility index (Phi) is 4.32. The maximum Gasteiger partial charge on any atom is 0.341 e. The maximum absolute atomic E-state index is 12.7. The summed E-state index contributed by atoms with van der Waals surface area (Å²) in [6, 6.07) is 5.03. The zero-order valence-corrected chi connectivity index (χ0v) is 15.4. The number of benzene rings is 1. The average molecular weight is 373 g/mol. The number of rotatable bonds is 3. The molecule has 1 N–H and O–H groups in total. The Morgan fingerprint density at radius 1 is 1.27 bits per heavy atom. The van der Waals surface area contributed by atoms with Gasteiger partial charge in [0, 0.05) is 10.4 Å². The predicted octanol–water partition coefficient (Wildman–Crippen LogP) is 3.64. The Balaban J connectivity index is 1.65. The van der Waals surface area contributed by atoms with Gasteiger partial charge in [0.05, 0.1) is 12.7 Å². The van der Waals surface area contributed by atoms with Crippen LogP contribution in [0.2, 0.25) is 0 Å². The number of carbonyl (C=O) groups excluding carboxylic acids is 2. The lowest BCUT2D eigenvalue weighted by Gasteiger charge is -2.18. The van der Waals surface area contributed by atoms with Gasteiger partial charge < -0.3 is 19.5 Å². The molecule has 1 atom stereocenters. The van der Waals surface area contributed by atoms with Crippen molar-refractivity contribution in [2.45, 2.75) is 26.2 Å². The monoisotopic (exact) mass is 373 g/mol. The standard InChI is InChI=1S/C19H19NO5S/c1-10-3-5-12-15(7-10)26-18(16(12)19(22)23-2)20-17(21)11-4-6-13-14(8-11)25-9-24-13/h4,6,8,10H,3,5,7,9H2,1-2H3,(H,20,21). The summed E-state index contributed by atoms with van der Waals surface area (Å²) >= 11 is 1.47. The van der Waals surface area contributed by atoms with Gasteiger partial charge >= 0.3 is 5.97 Å². The number of hydrogen-bond acceptors (Lipinski definition) is 6. The summed E-state index contributed by atoms with van der Waals surface area (Å²) in [4.78, 5) is 26.2. The van der Waals surface area contributed by atoms with E-state index >= 15 is 0 Å². The number of thiophene rings is 1. The van der Waals surface area contributed by atoms with E-state index in [2.05, 4.69) is 12.2 Å². The second kappa shape index (κ2) is 6.64. The molecule has 1 aliphatic heterocycles. The van der Waals surface area contributed by atoms with Gasteiger partial charge in [-0.05, 0) is 48.9 Å². The molecule has 6 nitrogen and oxygen atoms in total. The highest BCUT2D eigenvalue weighted by atomic mass is 32.1. The van der Waals surface area contributed by atoms with Crippen LogP contribution in [-0.4, -0.2) is 25.8 Å². The third-order valence-electron chi connectivity index (χ3n) is 4.76. The molecule has 0 spiro atoms. The summed E-state index contributed by atoms with van der Waals surface area (Å²) in [5.41, 5.74) is 1.96. The minimum atomic E-state index is -0.405. The van der Waals surface area contributed by atoms with Crippen LogP contribution in [0.4, 0.5) is 5.00 Å². The number of methoxy groups -OCH3 is 1. The van der Waals surface area contributed by atoms with Gasteiger partial charge in [-0.2, -0.15) is 0 Å². The van der Waals surface area contributed by atoms with Crippen LogP contribution in [0.1, 0.15) is 44.5 Å². The molecule has 26 heavy (non-hydrogen) atoms. The quantitative estimate of drug-likeness (QED) is 0.832. The first-order valence-electron chi connectivity index (χ1n) is 8.50. The number of anilines is 1. The fourth-order valence-electron chi connectivity index (χ4n) is 3.37. The summed E-state index contributed by atoms with van der Waals surface area (Å²) < 4.78 is 15.5. The van der Waals surface area contributed by atoms with Crippen molar-refractivity contribution in [1.29, 1.82) is 0 Å². The number of hydrogen-bond donors (Lipinski definition) is 1. The maximum atomic E-state index is 12.7. The van der Waals surface area contributed by atoms with E-state index in [4.69, 9.17) is 14.2 Å². The summed E-state index contributed by atoms with van der Waals surface area (Å²) in [6.45, 7) is 2.36. The molecule has 2 aromatic rings. The lowest BCUT2D eigenvalue weighted by Crippen LogP contribution is -2.16. The first kappa shape index (κ1) is 16.9. The summed E-state index contributed by atoms with van der Waals surface area (Å²) in [5.74, 6) is 1.05. The van der Waals surface area contributed by atoms with Crippen molar-refractivity contribution in [3.63, 3.8) is 0 Å². The van der Waals surface area contributed by atoms with Crippen molar-refractivity contribution in [3.8, 4) is 11.5 Å². The Morgan fingerprint density at radius 3 is 2.88 bits per heavy atom. The van der Waals surface area contributed by atoms with Gasteiger partial charge in [0.2, 0.25) is 6.79 Å². The third-order valence-corrected chi connectivity index (χ3v) is 5.93. The minimum Gasteiger partial charge on any atom is -0.465 e. The Labute approximate surface area is 155 Å². The molecule has 0 radical (unpaired) electrons. The topological polar surface area (TPSA) is 73.9 Å². The second-order valence-electron chi connectivity index (χ2n) is 6.57. The van der Waals surface area contributed by atoms with E-state index in [-0.39, 0.29) is 12.7 Å². The normalized spacial score (nSPS) is 17.5. The molecule has 1 aromatic heterocycles. The molecule has 1 unspecified atom stereocenters. The van der Waals surface area contributed by atoms with Gasteiger partial charge in [-0.1, -0.05) is 6.92 Å². The highest BCUT2D eigenvalue weighted by Gasteiger charge is 2.29. The first-order chi connectivity index (χ1) is 12.6. The van der Waals surface area contributed by atoms with Crippen molar-refractivity contribution in [1.82, 2.24) is 0 Å². The Hall–Kier alpha value is -2.54. The van der Waals surface area contributed by atoms with Crippen molar-refractivity contribution >= 4 is 28.2 Å². The van der Waals surface area contributed by atoms with Crippen molar-refractivity contribution in [2.75, 3.05) is 19.2 Å². The van der Waals surface area contributed by atoms with E-state index in [1.54, 1.807) is 18.2 Å². The van der Waals surface area contributed by atoms with Crippen molar-refractivity contribution in [3.05, 3.63) is 39.8 Å². The molecule has 7 heteroatoms. The molecule has 1 aromatic carbocycles. The highest BCUT2D eigenvalue weighted by Crippen LogP contribution is 2.40. The zero-order chi connectivity index (χ0) is 18.3. The van der Waals surface area contributed by atoms with Crippen LogP contribution < -0.4 is 14.8 Å². The molecule has 1 aliphatic carbocycles. The number of ether oxygens (including phenoxy) is 3. The smallest absolute Gasteiger partial charge is 0.341 e. The van der Waals surface area contributed by atoms with Crippen LogP contribution >= 0.6 is 11.3 Å². The molecular weight excluding hydrogens is 354 g/mol. The zero-order valence-electron chi connectivity index (χ0n) is 14.6. The molecule has 1 amide bonds. The number of esters is 1. The summed E-state index contributed by atoms with van der Waals surface area (Å²) in [7, 11) is 1.36. The van der Waals surface area contributed by atoms with Crippen LogP contribution in [0.15, 0.2) is 18.2 Å². The van der Waals surface area contributed by atoms with E-state index < -0.39 is 5.97 Å². The van der Waals surface area contributed by atoms with E-state index in [1.807, 2.05) is 0 Å². The number of nitrogens with one attached hydrogen (secondary N) is 1. The molecule has 0 fully saturated rings. The SMILES string of the molecule is COC(=O)c1c(NC(=O)c2ccc3c(c2)OCO3)sc2c1CCC(C)C2. The van der Waals surface area contributed by atoms with Gasteiger partial charge in [-0.15, -0.1) is 11.3 Å². The molecule has 2 heterocycles. The van der Waals surface area contributed by atoms with Crippen LogP contribution in [0.5, 0.6) is 11.5 Å². The van der Waals surface area contributed by atoms with Crippen LogP contribution in [0, 0.1) is 5.92 Å². The lowest BCUT2D eigenvalue weighted by molar-refractivity contribution is 0.0601. The van der Waals surface area contributed by atoms with Gasteiger partial charge in [0.1, 0.15) is 5.00 Å². The van der Waals surface area contributed by atoms with E-state index in [9.17, 15) is 9.59 Å². The molecule has 136 valence electrons. The molecule has 0 saturated carbocycles. The second-order valence-corrected chi connectivity index (χ2v) is 7.67. The molecule has 4 rings (SSSR count). The number of carbonyl (C=O) groups is 2. The Morgan fingerprint density at radius 2 is 2.08 bits per heavy atom. The average Bonchev–Trinajstić information content (AvgIpc) is 3.23. The van der Waals surface area contributed by atoms with E-state index in [1.165, 1.54) is 18.4 Å². The first-order valence-corrected chi connectivity index (χ1v) is 9.32. The molecule has 0 saturated heterocycles. The molecule has 0 bridgehead atoms. The van der Waals surface area contributed by atoms with E-state index in [0.29, 0.717) is 33.5 Å². The Bertz CT molecular complexity index is 888. The predicted molar refractivity (Wildman–Crippen MR) is 97.4 cm³/mol. The molecule has 2 aliphatic rings. The number of amides is 1. The van der Waals surface area contributed by atoms with Gasteiger partial charge in [-0.25, -0.2) is 4.79 Å². The fourth-order valence-corrected chi connectivity index (χ4v) is 4.76. The van der Waals surface area contributed by atoms with Crippen LogP contribution in [-0.2, 0) is 17.6 Å². The van der Waals surface area contributed by atoms with Gasteiger partial charge in [0.25, 0.3) is 5.91 Å². The minimum absolute atomic E-state index is 0.155.